The summed E-state index contributed by atoms with van der Waals surface area (Å²) in [5, 5.41) is 6.26. The van der Waals surface area contributed by atoms with E-state index in [1.807, 2.05) is 19.9 Å². The molecule has 2 rings (SSSR count). The molecule has 0 radical (unpaired) electrons. The molecule has 0 aromatic heterocycles. The average Bonchev–Trinajstić information content (AvgIpc) is 2.58. The van der Waals surface area contributed by atoms with Crippen LogP contribution in [0.2, 0.25) is 10.0 Å². The van der Waals surface area contributed by atoms with Crippen LogP contribution in [0, 0.1) is 13.8 Å². The number of amides is 2. The quantitative estimate of drug-likeness (QED) is 0.773. The normalized spacial score (nSPS) is 11.6. The minimum atomic E-state index is -0.758. The summed E-state index contributed by atoms with van der Waals surface area (Å²) in [4.78, 5) is 24.1. The summed E-state index contributed by atoms with van der Waals surface area (Å²) in [6, 6.07) is 10.4. The van der Waals surface area contributed by atoms with Gasteiger partial charge in [-0.15, -0.1) is 0 Å². The predicted molar refractivity (Wildman–Crippen MR) is 104 cm³/mol. The molecule has 0 spiro atoms. The van der Waals surface area contributed by atoms with Gasteiger partial charge in [-0.25, -0.2) is 0 Å². The Morgan fingerprint density at radius 2 is 1.81 bits per heavy atom. The molecule has 2 aromatic rings. The molecule has 0 aliphatic rings. The number of hydrogen-bond donors (Lipinski definition) is 2. The van der Waals surface area contributed by atoms with Gasteiger partial charge in [-0.3, -0.25) is 9.59 Å². The van der Waals surface area contributed by atoms with E-state index in [0.717, 1.165) is 11.1 Å². The van der Waals surface area contributed by atoms with Gasteiger partial charge in [-0.2, -0.15) is 0 Å². The van der Waals surface area contributed by atoms with Crippen LogP contribution in [0.5, 0.6) is 5.75 Å². The van der Waals surface area contributed by atoms with E-state index in [-0.39, 0.29) is 12.5 Å². The van der Waals surface area contributed by atoms with Crippen molar-refractivity contribution in [3.8, 4) is 5.75 Å². The highest BCUT2D eigenvalue weighted by Crippen LogP contribution is 2.23. The number of carbonyl (C=O) groups excluding carboxylic acids is 2. The minimum absolute atomic E-state index is 0.184. The van der Waals surface area contributed by atoms with Crippen molar-refractivity contribution in [2.24, 2.45) is 0 Å². The van der Waals surface area contributed by atoms with Gasteiger partial charge in [0.05, 0.1) is 17.3 Å². The van der Waals surface area contributed by atoms with Crippen molar-refractivity contribution in [1.82, 2.24) is 5.32 Å². The summed E-state index contributed by atoms with van der Waals surface area (Å²) in [7, 11) is 0. The molecule has 2 aromatic carbocycles. The monoisotopic (exact) mass is 394 g/mol. The lowest BCUT2D eigenvalue weighted by atomic mass is 10.2. The Kier molecular flexibility index (Phi) is 6.89. The van der Waals surface area contributed by atoms with Crippen molar-refractivity contribution in [3.05, 3.63) is 57.6 Å². The predicted octanol–water partition coefficient (Wildman–Crippen LogP) is 4.13. The lowest BCUT2D eigenvalue weighted by Crippen LogP contribution is -2.40. The maximum Gasteiger partial charge on any atom is 0.261 e. The molecule has 1 unspecified atom stereocenters. The molecular formula is C19H20Cl2N2O3. The van der Waals surface area contributed by atoms with Crippen molar-refractivity contribution in [2.45, 2.75) is 26.9 Å². The lowest BCUT2D eigenvalue weighted by Gasteiger charge is -2.15. The van der Waals surface area contributed by atoms with Gasteiger partial charge in [0.15, 0.2) is 6.10 Å². The third-order valence-corrected chi connectivity index (χ3v) is 4.37. The number of anilines is 1. The van der Waals surface area contributed by atoms with Crippen LogP contribution in [0.15, 0.2) is 36.4 Å². The molecule has 26 heavy (non-hydrogen) atoms. The first-order valence-corrected chi connectivity index (χ1v) is 8.78. The van der Waals surface area contributed by atoms with E-state index in [1.165, 1.54) is 0 Å². The molecule has 0 heterocycles. The maximum atomic E-state index is 12.1. The van der Waals surface area contributed by atoms with Gasteiger partial charge in [0.1, 0.15) is 5.75 Å². The van der Waals surface area contributed by atoms with Crippen molar-refractivity contribution in [2.75, 3.05) is 11.9 Å². The largest absolute Gasteiger partial charge is 0.481 e. The number of nitrogens with one attached hydrogen (secondary N) is 2. The van der Waals surface area contributed by atoms with E-state index in [1.54, 1.807) is 37.3 Å². The first kappa shape index (κ1) is 20.1. The van der Waals surface area contributed by atoms with Crippen LogP contribution in [-0.2, 0) is 9.59 Å². The van der Waals surface area contributed by atoms with Crippen LogP contribution >= 0.6 is 23.2 Å². The molecule has 0 aliphatic carbocycles. The summed E-state index contributed by atoms with van der Waals surface area (Å²) >= 11 is 12.0. The summed E-state index contributed by atoms with van der Waals surface area (Å²) in [6.45, 7) is 5.17. The topological polar surface area (TPSA) is 67.4 Å². The zero-order valence-corrected chi connectivity index (χ0v) is 16.2. The molecule has 2 N–H and O–H groups in total. The van der Waals surface area contributed by atoms with Crippen LogP contribution in [0.25, 0.3) is 0 Å². The summed E-state index contributed by atoms with van der Waals surface area (Å²) in [5.41, 5.74) is 2.34. The van der Waals surface area contributed by atoms with E-state index < -0.39 is 12.0 Å². The molecule has 2 amide bonds. The molecule has 0 fully saturated rings. The summed E-state index contributed by atoms with van der Waals surface area (Å²) < 4.78 is 5.57. The Labute approximate surface area is 162 Å². The fourth-order valence-corrected chi connectivity index (χ4v) is 2.58. The molecule has 138 valence electrons. The van der Waals surface area contributed by atoms with E-state index in [0.29, 0.717) is 21.5 Å². The van der Waals surface area contributed by atoms with Gasteiger partial charge in [-0.1, -0.05) is 29.3 Å². The molecule has 0 aliphatic heterocycles. The van der Waals surface area contributed by atoms with E-state index in [9.17, 15) is 9.59 Å². The zero-order valence-electron chi connectivity index (χ0n) is 14.7. The second-order valence-electron chi connectivity index (χ2n) is 5.92. The number of ether oxygens (including phenoxy) is 1. The second kappa shape index (κ2) is 8.92. The Hall–Kier alpha value is -2.24. The van der Waals surface area contributed by atoms with Crippen molar-refractivity contribution in [1.29, 1.82) is 0 Å². The first-order valence-electron chi connectivity index (χ1n) is 8.03. The number of hydrogen-bond acceptors (Lipinski definition) is 3. The number of halogens is 2. The Morgan fingerprint density at radius 1 is 1.08 bits per heavy atom. The second-order valence-corrected chi connectivity index (χ2v) is 6.73. The molecule has 0 saturated heterocycles. The highest BCUT2D eigenvalue weighted by atomic mass is 35.5. The smallest absolute Gasteiger partial charge is 0.261 e. The Bertz CT molecular complexity index is 824. The van der Waals surface area contributed by atoms with Crippen molar-refractivity contribution >= 4 is 40.7 Å². The fourth-order valence-electron chi connectivity index (χ4n) is 2.18. The molecule has 0 bridgehead atoms. The van der Waals surface area contributed by atoms with Crippen molar-refractivity contribution in [3.63, 3.8) is 0 Å². The molecule has 5 nitrogen and oxygen atoms in total. The number of carbonyl (C=O) groups is 2. The number of rotatable bonds is 6. The van der Waals surface area contributed by atoms with Crippen molar-refractivity contribution < 1.29 is 14.3 Å². The Morgan fingerprint density at radius 3 is 2.46 bits per heavy atom. The Balaban J connectivity index is 1.84. The molecule has 1 atom stereocenters. The molecule has 7 heteroatoms. The average molecular weight is 395 g/mol. The highest BCUT2D eigenvalue weighted by molar-refractivity contribution is 6.33. The number of benzene rings is 2. The highest BCUT2D eigenvalue weighted by Gasteiger charge is 2.16. The SMILES string of the molecule is Cc1ccc(NC(=O)CNC(=O)C(C)Oc2ccc(Cl)c(C)c2)c(Cl)c1. The molecular weight excluding hydrogens is 375 g/mol. The van der Waals surface area contributed by atoms with E-state index in [4.69, 9.17) is 27.9 Å². The van der Waals surface area contributed by atoms with Gasteiger partial charge >= 0.3 is 0 Å². The van der Waals surface area contributed by atoms with Gasteiger partial charge in [-0.05, 0) is 62.2 Å². The van der Waals surface area contributed by atoms with Crippen LogP contribution in [0.4, 0.5) is 5.69 Å². The van der Waals surface area contributed by atoms with E-state index >= 15 is 0 Å². The fraction of sp³-hybridized carbons (Fsp3) is 0.263. The van der Waals surface area contributed by atoms with Gasteiger partial charge in [0, 0.05) is 5.02 Å². The summed E-state index contributed by atoms with van der Waals surface area (Å²) in [6.07, 6.45) is -0.758. The van der Waals surface area contributed by atoms with Gasteiger partial charge in [0.2, 0.25) is 5.91 Å². The zero-order chi connectivity index (χ0) is 19.3. The van der Waals surface area contributed by atoms with Crippen LogP contribution < -0.4 is 15.4 Å². The summed E-state index contributed by atoms with van der Waals surface area (Å²) in [5.74, 6) is -0.244. The standard InChI is InChI=1S/C19H20Cl2N2O3/c1-11-4-7-17(16(21)8-11)23-18(24)10-22-19(25)13(3)26-14-5-6-15(20)12(2)9-14/h4-9,13H,10H2,1-3H3,(H,22,25)(H,23,24). The van der Waals surface area contributed by atoms with Gasteiger partial charge < -0.3 is 15.4 Å². The maximum absolute atomic E-state index is 12.1. The lowest BCUT2D eigenvalue weighted by molar-refractivity contribution is -0.129. The minimum Gasteiger partial charge on any atom is -0.481 e. The van der Waals surface area contributed by atoms with E-state index in [2.05, 4.69) is 10.6 Å². The van der Waals surface area contributed by atoms with Gasteiger partial charge in [0.25, 0.3) is 5.91 Å². The third-order valence-electron chi connectivity index (χ3n) is 3.63. The number of aryl methyl sites for hydroxylation is 2. The van der Waals surface area contributed by atoms with Crippen LogP contribution in [0.3, 0.4) is 0 Å². The first-order chi connectivity index (χ1) is 12.3. The molecule has 0 saturated carbocycles. The van der Waals surface area contributed by atoms with Crippen LogP contribution in [0.1, 0.15) is 18.1 Å². The van der Waals surface area contributed by atoms with Crippen LogP contribution in [-0.4, -0.2) is 24.5 Å². The third kappa shape index (κ3) is 5.64.